The summed E-state index contributed by atoms with van der Waals surface area (Å²) in [5.74, 6) is 1.38. The SMILES string of the molecule is COc1ccc(C2=NN=C(c3ccccc3)OC2)cc1. The van der Waals surface area contributed by atoms with Crippen LogP contribution in [0.4, 0.5) is 0 Å². The van der Waals surface area contributed by atoms with Gasteiger partial charge in [0.2, 0.25) is 5.90 Å². The Morgan fingerprint density at radius 3 is 2.25 bits per heavy atom. The van der Waals surface area contributed by atoms with E-state index in [-0.39, 0.29) is 0 Å². The van der Waals surface area contributed by atoms with Gasteiger partial charge in [0.25, 0.3) is 0 Å². The summed E-state index contributed by atoms with van der Waals surface area (Å²) in [5.41, 5.74) is 2.74. The largest absolute Gasteiger partial charge is 0.497 e. The van der Waals surface area contributed by atoms with Gasteiger partial charge in [0, 0.05) is 11.1 Å². The van der Waals surface area contributed by atoms with Crippen molar-refractivity contribution in [1.82, 2.24) is 0 Å². The molecule has 2 aromatic rings. The molecule has 4 nitrogen and oxygen atoms in total. The number of methoxy groups -OCH3 is 1. The standard InChI is InChI=1S/C16H14N2O2/c1-19-14-9-7-12(8-10-14)15-11-20-16(18-17-15)13-5-3-2-4-6-13/h2-10H,11H2,1H3. The number of rotatable bonds is 3. The summed E-state index contributed by atoms with van der Waals surface area (Å²) < 4.78 is 10.8. The van der Waals surface area contributed by atoms with Crippen LogP contribution in [-0.4, -0.2) is 25.3 Å². The van der Waals surface area contributed by atoms with Gasteiger partial charge in [0.1, 0.15) is 18.1 Å². The molecule has 1 heterocycles. The molecule has 0 spiro atoms. The zero-order valence-electron chi connectivity index (χ0n) is 11.1. The van der Waals surface area contributed by atoms with E-state index in [4.69, 9.17) is 9.47 Å². The molecular formula is C16H14N2O2. The third-order valence-electron chi connectivity index (χ3n) is 3.05. The molecule has 0 saturated heterocycles. The summed E-state index contributed by atoms with van der Waals surface area (Å²) in [6.45, 7) is 0.417. The molecule has 0 aliphatic carbocycles. The summed E-state index contributed by atoms with van der Waals surface area (Å²) >= 11 is 0. The van der Waals surface area contributed by atoms with E-state index in [1.54, 1.807) is 7.11 Å². The zero-order valence-corrected chi connectivity index (χ0v) is 11.1. The molecule has 0 N–H and O–H groups in total. The van der Waals surface area contributed by atoms with Crippen LogP contribution in [0.25, 0.3) is 0 Å². The number of hydrogen-bond donors (Lipinski definition) is 0. The predicted octanol–water partition coefficient (Wildman–Crippen LogP) is 2.88. The van der Waals surface area contributed by atoms with Gasteiger partial charge in [-0.2, -0.15) is 0 Å². The van der Waals surface area contributed by atoms with E-state index < -0.39 is 0 Å². The molecule has 0 aromatic heterocycles. The maximum absolute atomic E-state index is 5.68. The molecule has 4 heteroatoms. The normalized spacial score (nSPS) is 14.1. The Labute approximate surface area is 117 Å². The van der Waals surface area contributed by atoms with Crippen molar-refractivity contribution in [3.63, 3.8) is 0 Å². The highest BCUT2D eigenvalue weighted by Gasteiger charge is 2.13. The van der Waals surface area contributed by atoms with Gasteiger partial charge in [0.05, 0.1) is 7.11 Å². The summed E-state index contributed by atoms with van der Waals surface area (Å²) in [6.07, 6.45) is 0. The van der Waals surface area contributed by atoms with Crippen LogP contribution in [-0.2, 0) is 4.74 Å². The second-order valence-electron chi connectivity index (χ2n) is 4.34. The Kier molecular flexibility index (Phi) is 3.46. The molecule has 0 saturated carbocycles. The molecule has 0 bridgehead atoms. The zero-order chi connectivity index (χ0) is 13.8. The second-order valence-corrected chi connectivity index (χ2v) is 4.34. The first-order valence-electron chi connectivity index (χ1n) is 6.34. The summed E-state index contributed by atoms with van der Waals surface area (Å²) in [4.78, 5) is 0. The van der Waals surface area contributed by atoms with Crippen molar-refractivity contribution < 1.29 is 9.47 Å². The van der Waals surface area contributed by atoms with Crippen LogP contribution in [0, 0.1) is 0 Å². The lowest BCUT2D eigenvalue weighted by Crippen LogP contribution is -2.19. The maximum Gasteiger partial charge on any atom is 0.241 e. The molecule has 0 atom stereocenters. The van der Waals surface area contributed by atoms with Gasteiger partial charge in [-0.1, -0.05) is 18.2 Å². The fourth-order valence-electron chi connectivity index (χ4n) is 1.95. The van der Waals surface area contributed by atoms with Gasteiger partial charge in [-0.15, -0.1) is 10.2 Å². The lowest BCUT2D eigenvalue weighted by molar-refractivity contribution is 0.357. The molecular weight excluding hydrogens is 252 g/mol. The van der Waals surface area contributed by atoms with E-state index in [1.165, 1.54) is 0 Å². The van der Waals surface area contributed by atoms with Gasteiger partial charge in [0.15, 0.2) is 0 Å². The molecule has 0 unspecified atom stereocenters. The van der Waals surface area contributed by atoms with Crippen molar-refractivity contribution in [3.05, 3.63) is 65.7 Å². The highest BCUT2D eigenvalue weighted by atomic mass is 16.5. The Morgan fingerprint density at radius 2 is 1.65 bits per heavy atom. The third-order valence-corrected chi connectivity index (χ3v) is 3.05. The highest BCUT2D eigenvalue weighted by molar-refractivity contribution is 6.06. The molecule has 2 aromatic carbocycles. The minimum atomic E-state index is 0.417. The highest BCUT2D eigenvalue weighted by Crippen LogP contribution is 2.15. The van der Waals surface area contributed by atoms with Crippen molar-refractivity contribution in [2.45, 2.75) is 0 Å². The first-order chi connectivity index (χ1) is 9.86. The van der Waals surface area contributed by atoms with Crippen LogP contribution in [0.5, 0.6) is 5.75 Å². The van der Waals surface area contributed by atoms with E-state index in [2.05, 4.69) is 10.2 Å². The summed E-state index contributed by atoms with van der Waals surface area (Å²) in [5, 5.41) is 8.40. The predicted molar refractivity (Wildman–Crippen MR) is 78.5 cm³/mol. The van der Waals surface area contributed by atoms with Crippen LogP contribution in [0.3, 0.4) is 0 Å². The fraction of sp³-hybridized carbons (Fsp3) is 0.125. The Bertz CT molecular complexity index is 646. The van der Waals surface area contributed by atoms with Crippen LogP contribution in [0.2, 0.25) is 0 Å². The van der Waals surface area contributed by atoms with E-state index in [0.717, 1.165) is 22.6 Å². The molecule has 1 aliphatic heterocycles. The van der Waals surface area contributed by atoms with Gasteiger partial charge in [-0.3, -0.25) is 0 Å². The Hall–Kier alpha value is -2.62. The summed E-state index contributed by atoms with van der Waals surface area (Å²) in [6, 6.07) is 17.4. The maximum atomic E-state index is 5.68. The van der Waals surface area contributed by atoms with Gasteiger partial charge >= 0.3 is 0 Å². The monoisotopic (exact) mass is 266 g/mol. The number of nitrogens with zero attached hydrogens (tertiary/aromatic N) is 2. The minimum absolute atomic E-state index is 0.417. The number of ether oxygens (including phenoxy) is 2. The van der Waals surface area contributed by atoms with E-state index in [1.807, 2.05) is 54.6 Å². The van der Waals surface area contributed by atoms with Crippen LogP contribution in [0.15, 0.2) is 64.8 Å². The average Bonchev–Trinajstić information content (AvgIpc) is 2.56. The third kappa shape index (κ3) is 2.54. The molecule has 0 radical (unpaired) electrons. The number of benzene rings is 2. The molecule has 20 heavy (non-hydrogen) atoms. The average molecular weight is 266 g/mol. The van der Waals surface area contributed by atoms with Gasteiger partial charge < -0.3 is 9.47 Å². The lowest BCUT2D eigenvalue weighted by Gasteiger charge is -2.14. The molecule has 1 aliphatic rings. The van der Waals surface area contributed by atoms with Crippen molar-refractivity contribution >= 4 is 11.6 Å². The van der Waals surface area contributed by atoms with E-state index in [0.29, 0.717) is 12.5 Å². The molecule has 3 rings (SSSR count). The Balaban J connectivity index is 1.83. The van der Waals surface area contributed by atoms with Crippen molar-refractivity contribution in [3.8, 4) is 5.75 Å². The number of hydrogen-bond acceptors (Lipinski definition) is 4. The first-order valence-corrected chi connectivity index (χ1v) is 6.34. The van der Waals surface area contributed by atoms with Crippen LogP contribution in [0.1, 0.15) is 11.1 Å². The van der Waals surface area contributed by atoms with E-state index in [9.17, 15) is 0 Å². The quantitative estimate of drug-likeness (QED) is 0.857. The summed E-state index contributed by atoms with van der Waals surface area (Å²) in [7, 11) is 1.65. The molecule has 100 valence electrons. The molecule has 0 fully saturated rings. The van der Waals surface area contributed by atoms with E-state index >= 15 is 0 Å². The minimum Gasteiger partial charge on any atom is -0.497 e. The van der Waals surface area contributed by atoms with Crippen molar-refractivity contribution in [2.24, 2.45) is 10.2 Å². The topological polar surface area (TPSA) is 43.2 Å². The van der Waals surface area contributed by atoms with Gasteiger partial charge in [-0.05, 0) is 36.4 Å². The Morgan fingerprint density at radius 1 is 0.900 bits per heavy atom. The first kappa shape index (κ1) is 12.4. The van der Waals surface area contributed by atoms with Gasteiger partial charge in [-0.25, -0.2) is 0 Å². The second kappa shape index (κ2) is 5.57. The van der Waals surface area contributed by atoms with Crippen molar-refractivity contribution in [1.29, 1.82) is 0 Å². The molecule has 0 amide bonds. The van der Waals surface area contributed by atoms with Crippen LogP contribution < -0.4 is 4.74 Å². The lowest BCUT2D eigenvalue weighted by atomic mass is 10.1. The fourth-order valence-corrected chi connectivity index (χ4v) is 1.95. The smallest absolute Gasteiger partial charge is 0.241 e. The van der Waals surface area contributed by atoms with Crippen molar-refractivity contribution in [2.75, 3.05) is 13.7 Å². The van der Waals surface area contributed by atoms with Crippen LogP contribution >= 0.6 is 0 Å².